The average molecular weight is 333 g/mol. The zero-order chi connectivity index (χ0) is 15.5. The van der Waals surface area contributed by atoms with Crippen molar-refractivity contribution in [2.75, 3.05) is 26.2 Å². The summed E-state index contributed by atoms with van der Waals surface area (Å²) in [7, 11) is -3.65. The number of nitrogens with one attached hydrogen (secondary N) is 1. The third kappa shape index (κ3) is 3.76. The molecule has 2 rings (SSSR count). The quantitative estimate of drug-likeness (QED) is 0.826. The van der Waals surface area contributed by atoms with Gasteiger partial charge < -0.3 is 10.4 Å². The normalized spacial score (nSPS) is 19.3. The molecule has 1 atom stereocenters. The lowest BCUT2D eigenvalue weighted by Gasteiger charge is -2.25. The predicted octanol–water partition coefficient (Wildman–Crippen LogP) is 1.38. The molecule has 118 valence electrons. The van der Waals surface area contributed by atoms with Gasteiger partial charge in [0.15, 0.2) is 0 Å². The first-order valence-corrected chi connectivity index (χ1v) is 8.88. The third-order valence-corrected chi connectivity index (χ3v) is 6.19. The van der Waals surface area contributed by atoms with Crippen molar-refractivity contribution in [2.24, 2.45) is 0 Å². The smallest absolute Gasteiger partial charge is 0.243 e. The number of hydrogen-bond donors (Lipinski definition) is 2. The molecule has 1 heterocycles. The first-order chi connectivity index (χ1) is 9.96. The van der Waals surface area contributed by atoms with Gasteiger partial charge in [0, 0.05) is 24.2 Å². The van der Waals surface area contributed by atoms with Crippen molar-refractivity contribution in [1.29, 1.82) is 0 Å². The third-order valence-electron chi connectivity index (χ3n) is 3.77. The van der Waals surface area contributed by atoms with Crippen LogP contribution in [-0.2, 0) is 10.0 Å². The van der Waals surface area contributed by atoms with E-state index in [0.29, 0.717) is 17.1 Å². The standard InChI is InChI=1S/C14H21ClN2O3S/c1-11-13(15)5-2-6-14(11)21(19,20)17(8-9-18)10-12-4-3-7-16-12/h2,5-6,12,16,18H,3-4,7-10H2,1H3. The Labute approximate surface area is 131 Å². The summed E-state index contributed by atoms with van der Waals surface area (Å²) in [5.41, 5.74) is 0.543. The Morgan fingerprint density at radius 2 is 2.24 bits per heavy atom. The van der Waals surface area contributed by atoms with Crippen molar-refractivity contribution in [3.63, 3.8) is 0 Å². The van der Waals surface area contributed by atoms with Crippen LogP contribution in [0.1, 0.15) is 18.4 Å². The van der Waals surface area contributed by atoms with Crippen molar-refractivity contribution in [3.05, 3.63) is 28.8 Å². The highest BCUT2D eigenvalue weighted by atomic mass is 35.5. The van der Waals surface area contributed by atoms with Gasteiger partial charge in [-0.15, -0.1) is 0 Å². The van der Waals surface area contributed by atoms with Crippen LogP contribution in [0, 0.1) is 6.92 Å². The lowest BCUT2D eigenvalue weighted by Crippen LogP contribution is -2.42. The lowest BCUT2D eigenvalue weighted by molar-refractivity contribution is 0.246. The van der Waals surface area contributed by atoms with Crippen molar-refractivity contribution in [1.82, 2.24) is 9.62 Å². The SMILES string of the molecule is Cc1c(Cl)cccc1S(=O)(=O)N(CCO)CC1CCCN1. The molecule has 7 heteroatoms. The van der Waals surface area contributed by atoms with Gasteiger partial charge in [-0.25, -0.2) is 8.42 Å². The number of nitrogens with zero attached hydrogens (tertiary/aromatic N) is 1. The molecule has 0 bridgehead atoms. The van der Waals surface area contributed by atoms with E-state index in [-0.39, 0.29) is 24.1 Å². The molecule has 0 aromatic heterocycles. The Hall–Kier alpha value is -0.660. The molecule has 0 aliphatic carbocycles. The number of halogens is 1. The van der Waals surface area contributed by atoms with E-state index in [1.807, 2.05) is 0 Å². The average Bonchev–Trinajstić information content (AvgIpc) is 2.94. The minimum absolute atomic E-state index is 0.0897. The minimum atomic E-state index is -3.65. The van der Waals surface area contributed by atoms with Crippen LogP contribution in [0.3, 0.4) is 0 Å². The molecule has 1 aromatic carbocycles. The van der Waals surface area contributed by atoms with Crippen molar-refractivity contribution < 1.29 is 13.5 Å². The van der Waals surface area contributed by atoms with E-state index in [0.717, 1.165) is 19.4 Å². The zero-order valence-corrected chi connectivity index (χ0v) is 13.6. The van der Waals surface area contributed by atoms with E-state index in [4.69, 9.17) is 11.6 Å². The Bertz CT molecular complexity index is 586. The van der Waals surface area contributed by atoms with Gasteiger partial charge in [0.1, 0.15) is 0 Å². The van der Waals surface area contributed by atoms with Crippen LogP contribution in [0.15, 0.2) is 23.1 Å². The second-order valence-electron chi connectivity index (χ2n) is 5.24. The van der Waals surface area contributed by atoms with Gasteiger partial charge >= 0.3 is 0 Å². The highest BCUT2D eigenvalue weighted by molar-refractivity contribution is 7.89. The van der Waals surface area contributed by atoms with Gasteiger partial charge in [0.25, 0.3) is 0 Å². The molecule has 1 saturated heterocycles. The Kier molecular flexibility index (Phi) is 5.62. The summed E-state index contributed by atoms with van der Waals surface area (Å²) in [6.07, 6.45) is 2.00. The summed E-state index contributed by atoms with van der Waals surface area (Å²) >= 11 is 6.03. The van der Waals surface area contributed by atoms with Crippen LogP contribution in [0.5, 0.6) is 0 Å². The number of rotatable bonds is 6. The lowest BCUT2D eigenvalue weighted by atomic mass is 10.2. The molecule has 0 amide bonds. The zero-order valence-electron chi connectivity index (χ0n) is 12.0. The Morgan fingerprint density at radius 3 is 2.86 bits per heavy atom. The van der Waals surface area contributed by atoms with Crippen LogP contribution in [-0.4, -0.2) is 50.1 Å². The molecule has 1 unspecified atom stereocenters. The molecule has 0 radical (unpaired) electrons. The molecule has 1 fully saturated rings. The highest BCUT2D eigenvalue weighted by Gasteiger charge is 2.29. The van der Waals surface area contributed by atoms with E-state index < -0.39 is 10.0 Å². The van der Waals surface area contributed by atoms with Crippen LogP contribution in [0.2, 0.25) is 5.02 Å². The molecule has 0 spiro atoms. The van der Waals surface area contributed by atoms with Gasteiger partial charge in [-0.1, -0.05) is 17.7 Å². The summed E-state index contributed by atoms with van der Waals surface area (Å²) in [6, 6.07) is 5.01. The summed E-state index contributed by atoms with van der Waals surface area (Å²) in [5.74, 6) is 0. The van der Waals surface area contributed by atoms with Gasteiger partial charge in [-0.2, -0.15) is 4.31 Å². The fourth-order valence-electron chi connectivity index (χ4n) is 2.59. The van der Waals surface area contributed by atoms with Crippen LogP contribution >= 0.6 is 11.6 Å². The summed E-state index contributed by atoms with van der Waals surface area (Å²) in [4.78, 5) is 0.210. The first kappa shape index (κ1) is 16.7. The fraction of sp³-hybridized carbons (Fsp3) is 0.571. The first-order valence-electron chi connectivity index (χ1n) is 7.06. The number of hydrogen-bond acceptors (Lipinski definition) is 4. The highest BCUT2D eigenvalue weighted by Crippen LogP contribution is 2.26. The van der Waals surface area contributed by atoms with Crippen molar-refractivity contribution in [3.8, 4) is 0 Å². The maximum atomic E-state index is 12.8. The van der Waals surface area contributed by atoms with Crippen molar-refractivity contribution in [2.45, 2.75) is 30.7 Å². The Morgan fingerprint density at radius 1 is 1.48 bits per heavy atom. The van der Waals surface area contributed by atoms with Crippen molar-refractivity contribution >= 4 is 21.6 Å². The van der Waals surface area contributed by atoms with E-state index >= 15 is 0 Å². The van der Waals surface area contributed by atoms with E-state index in [9.17, 15) is 13.5 Å². The second-order valence-corrected chi connectivity index (χ2v) is 7.56. The monoisotopic (exact) mass is 332 g/mol. The fourth-order valence-corrected chi connectivity index (χ4v) is 4.54. The minimum Gasteiger partial charge on any atom is -0.395 e. The molecule has 21 heavy (non-hydrogen) atoms. The largest absolute Gasteiger partial charge is 0.395 e. The molecule has 0 saturated carbocycles. The molecule has 2 N–H and O–H groups in total. The maximum absolute atomic E-state index is 12.8. The topological polar surface area (TPSA) is 69.6 Å². The number of aliphatic hydroxyl groups excluding tert-OH is 1. The number of aliphatic hydroxyl groups is 1. The summed E-state index contributed by atoms with van der Waals surface area (Å²) in [5, 5.41) is 12.9. The molecule has 1 aliphatic rings. The molecular weight excluding hydrogens is 312 g/mol. The van der Waals surface area contributed by atoms with Gasteiger partial charge in [0.2, 0.25) is 10.0 Å². The molecule has 5 nitrogen and oxygen atoms in total. The van der Waals surface area contributed by atoms with E-state index in [1.54, 1.807) is 25.1 Å². The number of benzene rings is 1. The maximum Gasteiger partial charge on any atom is 0.243 e. The molecule has 1 aliphatic heterocycles. The second kappa shape index (κ2) is 7.07. The van der Waals surface area contributed by atoms with E-state index in [2.05, 4.69) is 5.32 Å². The summed E-state index contributed by atoms with van der Waals surface area (Å²) < 4.78 is 27.0. The van der Waals surface area contributed by atoms with Gasteiger partial charge in [0.05, 0.1) is 11.5 Å². The molecular formula is C14H21ClN2O3S. The predicted molar refractivity (Wildman–Crippen MR) is 83.1 cm³/mol. The molecule has 1 aromatic rings. The van der Waals surface area contributed by atoms with Crippen LogP contribution in [0.4, 0.5) is 0 Å². The summed E-state index contributed by atoms with van der Waals surface area (Å²) in [6.45, 7) is 2.86. The van der Waals surface area contributed by atoms with Crippen LogP contribution < -0.4 is 5.32 Å². The van der Waals surface area contributed by atoms with Crippen LogP contribution in [0.25, 0.3) is 0 Å². The van der Waals surface area contributed by atoms with E-state index in [1.165, 1.54) is 4.31 Å². The van der Waals surface area contributed by atoms with Gasteiger partial charge in [-0.3, -0.25) is 0 Å². The Balaban J connectivity index is 2.30. The number of sulfonamides is 1. The van der Waals surface area contributed by atoms with Gasteiger partial charge in [-0.05, 0) is 44.0 Å².